The number of nitrogens with zero attached hydrogens (tertiary/aromatic N) is 1. The van der Waals surface area contributed by atoms with Gasteiger partial charge in [0.25, 0.3) is 11.1 Å². The van der Waals surface area contributed by atoms with Gasteiger partial charge in [0.05, 0.1) is 10.8 Å². The van der Waals surface area contributed by atoms with Gasteiger partial charge < -0.3 is 5.32 Å². The van der Waals surface area contributed by atoms with Crippen molar-refractivity contribution in [2.45, 2.75) is 32.4 Å². The Kier molecular flexibility index (Phi) is 3.55. The normalized spacial score (nSPS) is 19.5. The summed E-state index contributed by atoms with van der Waals surface area (Å²) in [5.41, 5.74) is 0.186. The van der Waals surface area contributed by atoms with E-state index < -0.39 is 0 Å². The highest BCUT2D eigenvalue weighted by atomic mass is 16.1. The van der Waals surface area contributed by atoms with Gasteiger partial charge in [-0.2, -0.15) is 0 Å². The van der Waals surface area contributed by atoms with Crippen LogP contribution in [-0.2, 0) is 0 Å². The van der Waals surface area contributed by atoms with Gasteiger partial charge in [0.1, 0.15) is 0 Å². The molecule has 0 amide bonds. The van der Waals surface area contributed by atoms with Gasteiger partial charge >= 0.3 is 0 Å². The summed E-state index contributed by atoms with van der Waals surface area (Å²) in [5.74, 6) is 0. The van der Waals surface area contributed by atoms with Crippen molar-refractivity contribution in [3.05, 3.63) is 38.9 Å². The topological polar surface area (TPSA) is 81.0 Å². The number of nitrogens with one attached hydrogen (secondary N) is 3. The molecule has 1 aliphatic heterocycles. The molecule has 1 saturated heterocycles. The summed E-state index contributed by atoms with van der Waals surface area (Å²) in [6.07, 6.45) is 1.04. The molecule has 1 atom stereocenters. The Morgan fingerprint density at radius 3 is 2.71 bits per heavy atom. The zero-order valence-corrected chi connectivity index (χ0v) is 12.3. The van der Waals surface area contributed by atoms with Crippen molar-refractivity contribution in [1.29, 1.82) is 0 Å². The third kappa shape index (κ3) is 2.58. The average molecular weight is 288 g/mol. The molecule has 112 valence electrons. The summed E-state index contributed by atoms with van der Waals surface area (Å²) in [6, 6.07) is 6.15. The molecule has 2 heterocycles. The Bertz CT molecular complexity index is 762. The van der Waals surface area contributed by atoms with E-state index >= 15 is 0 Å². The first-order valence-electron chi connectivity index (χ1n) is 7.30. The minimum absolute atomic E-state index is 0.272. The van der Waals surface area contributed by atoms with E-state index in [0.29, 0.717) is 22.9 Å². The largest absolute Gasteiger partial charge is 0.380 e. The van der Waals surface area contributed by atoms with Crippen molar-refractivity contribution < 1.29 is 0 Å². The molecule has 0 aliphatic carbocycles. The summed E-state index contributed by atoms with van der Waals surface area (Å²) in [6.45, 7) is 6.38. The molecular formula is C15H20N4O2. The molecule has 1 aromatic heterocycles. The van der Waals surface area contributed by atoms with E-state index in [1.807, 2.05) is 6.07 Å². The molecule has 0 spiro atoms. The first kappa shape index (κ1) is 13.9. The highest BCUT2D eigenvalue weighted by Gasteiger charge is 2.24. The minimum Gasteiger partial charge on any atom is -0.380 e. The number of rotatable bonds is 3. The van der Waals surface area contributed by atoms with Crippen molar-refractivity contribution in [3.63, 3.8) is 0 Å². The number of hydrogen-bond donors (Lipinski definition) is 3. The Morgan fingerprint density at radius 2 is 2.00 bits per heavy atom. The molecule has 1 aromatic carbocycles. The van der Waals surface area contributed by atoms with Crippen molar-refractivity contribution in [2.75, 3.05) is 18.4 Å². The smallest absolute Gasteiger partial charge is 0.272 e. The van der Waals surface area contributed by atoms with Crippen LogP contribution < -0.4 is 16.4 Å². The van der Waals surface area contributed by atoms with Gasteiger partial charge in [-0.15, -0.1) is 0 Å². The number of H-pyrrole nitrogens is 2. The van der Waals surface area contributed by atoms with Crippen LogP contribution in [0.25, 0.3) is 10.8 Å². The van der Waals surface area contributed by atoms with Crippen LogP contribution in [0.2, 0.25) is 0 Å². The molecule has 1 aliphatic rings. The van der Waals surface area contributed by atoms with Gasteiger partial charge in [0.2, 0.25) is 0 Å². The molecule has 21 heavy (non-hydrogen) atoms. The lowest BCUT2D eigenvalue weighted by Gasteiger charge is -2.21. The maximum atomic E-state index is 12.0. The average Bonchev–Trinajstić information content (AvgIpc) is 2.92. The van der Waals surface area contributed by atoms with E-state index in [4.69, 9.17) is 0 Å². The maximum Gasteiger partial charge on any atom is 0.272 e. The van der Waals surface area contributed by atoms with Crippen molar-refractivity contribution in [1.82, 2.24) is 15.1 Å². The Labute approximate surface area is 122 Å². The van der Waals surface area contributed by atoms with Gasteiger partial charge in [0, 0.05) is 30.9 Å². The predicted octanol–water partition coefficient (Wildman–Crippen LogP) is 1.11. The molecule has 1 unspecified atom stereocenters. The number of aromatic nitrogens is 2. The molecule has 0 saturated carbocycles. The molecule has 2 aromatic rings. The molecule has 6 heteroatoms. The van der Waals surface area contributed by atoms with E-state index in [9.17, 15) is 9.59 Å². The molecule has 3 N–H and O–H groups in total. The first-order valence-corrected chi connectivity index (χ1v) is 7.30. The van der Waals surface area contributed by atoms with Crippen LogP contribution in [0, 0.1) is 0 Å². The Balaban J connectivity index is 1.94. The highest BCUT2D eigenvalue weighted by molar-refractivity contribution is 5.92. The summed E-state index contributed by atoms with van der Waals surface area (Å²) in [5, 5.41) is 9.02. The second-order valence-electron chi connectivity index (χ2n) is 5.86. The van der Waals surface area contributed by atoms with Gasteiger partial charge in [-0.3, -0.25) is 24.7 Å². The maximum absolute atomic E-state index is 12.0. The summed E-state index contributed by atoms with van der Waals surface area (Å²) in [4.78, 5) is 26.2. The highest BCUT2D eigenvalue weighted by Crippen LogP contribution is 2.21. The van der Waals surface area contributed by atoms with Crippen LogP contribution in [0.4, 0.5) is 5.69 Å². The second-order valence-corrected chi connectivity index (χ2v) is 5.86. The quantitative estimate of drug-likeness (QED) is 0.790. The number of anilines is 1. The van der Waals surface area contributed by atoms with Crippen LogP contribution in [0.3, 0.4) is 0 Å². The monoisotopic (exact) mass is 288 g/mol. The first-order chi connectivity index (χ1) is 10.1. The number of aromatic amines is 2. The number of likely N-dealkylation sites (tertiary alicyclic amines) is 1. The lowest BCUT2D eigenvalue weighted by atomic mass is 10.1. The minimum atomic E-state index is -0.275. The van der Waals surface area contributed by atoms with Crippen LogP contribution in [0.15, 0.2) is 27.8 Å². The zero-order valence-electron chi connectivity index (χ0n) is 12.3. The standard InChI is InChI=1S/C15H20N4O2/c1-9(2)19-7-6-10(8-19)16-12-5-3-4-11-13(12)15(21)18-17-14(11)20/h3-5,9-10,16H,6-8H2,1-2H3,(H,17,20)(H,18,21). The van der Waals surface area contributed by atoms with Crippen molar-refractivity contribution >= 4 is 16.5 Å². The van der Waals surface area contributed by atoms with Gasteiger partial charge in [0.15, 0.2) is 0 Å². The zero-order chi connectivity index (χ0) is 15.0. The summed E-state index contributed by atoms with van der Waals surface area (Å²) < 4.78 is 0. The SMILES string of the molecule is CC(C)N1CCC(Nc2cccc3c(=O)[nH][nH]c(=O)c23)C1. The third-order valence-corrected chi connectivity index (χ3v) is 4.14. The summed E-state index contributed by atoms with van der Waals surface area (Å²) >= 11 is 0. The number of fused-ring (bicyclic) bond motifs is 1. The van der Waals surface area contributed by atoms with Gasteiger partial charge in [-0.05, 0) is 32.4 Å². The molecule has 1 fully saturated rings. The van der Waals surface area contributed by atoms with E-state index in [1.165, 1.54) is 0 Å². The predicted molar refractivity (Wildman–Crippen MR) is 83.9 cm³/mol. The fourth-order valence-electron chi connectivity index (χ4n) is 2.94. The van der Waals surface area contributed by atoms with E-state index in [-0.39, 0.29) is 11.1 Å². The van der Waals surface area contributed by atoms with Crippen molar-refractivity contribution in [3.8, 4) is 0 Å². The molecule has 0 radical (unpaired) electrons. The lowest BCUT2D eigenvalue weighted by Crippen LogP contribution is -2.31. The summed E-state index contributed by atoms with van der Waals surface area (Å²) in [7, 11) is 0. The molecule has 3 rings (SSSR count). The lowest BCUT2D eigenvalue weighted by molar-refractivity contribution is 0.274. The van der Waals surface area contributed by atoms with Gasteiger partial charge in [-0.1, -0.05) is 6.07 Å². The van der Waals surface area contributed by atoms with Crippen LogP contribution >= 0.6 is 0 Å². The molecule has 6 nitrogen and oxygen atoms in total. The molecular weight excluding hydrogens is 268 g/mol. The van der Waals surface area contributed by atoms with E-state index in [1.54, 1.807) is 12.1 Å². The van der Waals surface area contributed by atoms with E-state index in [2.05, 4.69) is 34.3 Å². The van der Waals surface area contributed by atoms with E-state index in [0.717, 1.165) is 25.2 Å². The molecule has 0 bridgehead atoms. The fourth-order valence-corrected chi connectivity index (χ4v) is 2.94. The van der Waals surface area contributed by atoms with Gasteiger partial charge in [-0.25, -0.2) is 0 Å². The van der Waals surface area contributed by atoms with Crippen LogP contribution in [-0.4, -0.2) is 40.3 Å². The number of benzene rings is 1. The van der Waals surface area contributed by atoms with Crippen LogP contribution in [0.1, 0.15) is 20.3 Å². The fraction of sp³-hybridized carbons (Fsp3) is 0.467. The second kappa shape index (κ2) is 5.37. The third-order valence-electron chi connectivity index (χ3n) is 4.14. The van der Waals surface area contributed by atoms with Crippen molar-refractivity contribution in [2.24, 2.45) is 0 Å². The number of hydrogen-bond acceptors (Lipinski definition) is 4. The Morgan fingerprint density at radius 1 is 1.24 bits per heavy atom. The Hall–Kier alpha value is -2.08. The van der Waals surface area contributed by atoms with Crippen LogP contribution in [0.5, 0.6) is 0 Å².